The highest BCUT2D eigenvalue weighted by atomic mass is 16.7. The summed E-state index contributed by atoms with van der Waals surface area (Å²) in [5.74, 6) is 2.84. The molecule has 3 aromatic rings. The molecule has 0 fully saturated rings. The standard InChI is InChI=1S/C21H22N6O2/c1-13-4-3-5-16-14(2)24-21(25-19(13)16)26-20-22-10-27(11-23-20)9-15-6-7-17-18(8-15)29-12-28-17/h3-8H,9-12H2,1-2H3,(H2,22,23,24,25,26). The third kappa shape index (κ3) is 3.54. The van der Waals surface area contributed by atoms with Crippen molar-refractivity contribution in [3.8, 4) is 11.5 Å². The Bertz CT molecular complexity index is 1110. The van der Waals surface area contributed by atoms with Crippen LogP contribution in [0.5, 0.6) is 11.5 Å². The van der Waals surface area contributed by atoms with E-state index in [2.05, 4.69) is 49.6 Å². The number of aliphatic imine (C=N–C) groups is 1. The lowest BCUT2D eigenvalue weighted by atomic mass is 10.1. The molecule has 2 N–H and O–H groups in total. The minimum Gasteiger partial charge on any atom is -0.454 e. The van der Waals surface area contributed by atoms with Crippen molar-refractivity contribution in [2.24, 2.45) is 4.99 Å². The molecule has 1 aromatic heterocycles. The van der Waals surface area contributed by atoms with E-state index >= 15 is 0 Å². The van der Waals surface area contributed by atoms with E-state index in [9.17, 15) is 0 Å². The molecule has 0 amide bonds. The largest absolute Gasteiger partial charge is 0.454 e. The number of fused-ring (bicyclic) bond motifs is 2. The van der Waals surface area contributed by atoms with Crippen molar-refractivity contribution in [2.45, 2.75) is 20.4 Å². The Kier molecular flexibility index (Phi) is 4.40. The number of benzene rings is 2. The van der Waals surface area contributed by atoms with E-state index in [-0.39, 0.29) is 0 Å². The molecule has 0 radical (unpaired) electrons. The smallest absolute Gasteiger partial charge is 0.231 e. The summed E-state index contributed by atoms with van der Waals surface area (Å²) in [7, 11) is 0. The van der Waals surface area contributed by atoms with Gasteiger partial charge in [0.2, 0.25) is 18.7 Å². The van der Waals surface area contributed by atoms with Crippen LogP contribution in [0.3, 0.4) is 0 Å². The summed E-state index contributed by atoms with van der Waals surface area (Å²) in [6.45, 7) is 6.37. The average Bonchev–Trinajstić information content (AvgIpc) is 3.18. The van der Waals surface area contributed by atoms with Crippen molar-refractivity contribution < 1.29 is 9.47 Å². The number of nitrogens with one attached hydrogen (secondary N) is 2. The fourth-order valence-corrected chi connectivity index (χ4v) is 3.56. The fraction of sp³-hybridized carbons (Fsp3) is 0.286. The number of rotatable bonds is 3. The SMILES string of the molecule is Cc1nc(NC2=NCN(Cc3ccc4c(c3)OCO4)CN2)nc2c(C)cccc12. The van der Waals surface area contributed by atoms with Gasteiger partial charge in [-0.2, -0.15) is 0 Å². The van der Waals surface area contributed by atoms with E-state index in [1.165, 1.54) is 0 Å². The van der Waals surface area contributed by atoms with Gasteiger partial charge in [-0.1, -0.05) is 24.3 Å². The van der Waals surface area contributed by atoms with Crippen molar-refractivity contribution in [1.29, 1.82) is 0 Å². The fourth-order valence-electron chi connectivity index (χ4n) is 3.56. The third-order valence-electron chi connectivity index (χ3n) is 5.09. The molecule has 0 bridgehead atoms. The molecular weight excluding hydrogens is 368 g/mol. The second-order valence-electron chi connectivity index (χ2n) is 7.23. The predicted octanol–water partition coefficient (Wildman–Crippen LogP) is 2.76. The van der Waals surface area contributed by atoms with Crippen LogP contribution < -0.4 is 20.1 Å². The second-order valence-corrected chi connectivity index (χ2v) is 7.23. The number of hydrogen-bond acceptors (Lipinski definition) is 8. The Labute approximate surface area is 168 Å². The van der Waals surface area contributed by atoms with Gasteiger partial charge >= 0.3 is 0 Å². The van der Waals surface area contributed by atoms with Crippen molar-refractivity contribution in [1.82, 2.24) is 20.2 Å². The Hall–Kier alpha value is -3.39. The summed E-state index contributed by atoms with van der Waals surface area (Å²) in [5.41, 5.74) is 4.20. The lowest BCUT2D eigenvalue weighted by Crippen LogP contribution is -2.45. The summed E-state index contributed by atoms with van der Waals surface area (Å²) in [6.07, 6.45) is 0. The maximum Gasteiger partial charge on any atom is 0.231 e. The van der Waals surface area contributed by atoms with Crippen LogP contribution in [0.25, 0.3) is 10.9 Å². The highest BCUT2D eigenvalue weighted by Crippen LogP contribution is 2.32. The van der Waals surface area contributed by atoms with E-state index < -0.39 is 0 Å². The topological polar surface area (TPSA) is 83.9 Å². The molecule has 2 aliphatic rings. The van der Waals surface area contributed by atoms with Gasteiger partial charge in [-0.25, -0.2) is 15.0 Å². The number of hydrogen-bond donors (Lipinski definition) is 2. The second kappa shape index (κ2) is 7.21. The highest BCUT2D eigenvalue weighted by molar-refractivity contribution is 5.93. The van der Waals surface area contributed by atoms with Crippen molar-refractivity contribution in [3.63, 3.8) is 0 Å². The van der Waals surface area contributed by atoms with Crippen molar-refractivity contribution in [2.75, 3.05) is 25.4 Å². The van der Waals surface area contributed by atoms with Crippen LogP contribution in [-0.2, 0) is 6.54 Å². The number of para-hydroxylation sites is 1. The highest BCUT2D eigenvalue weighted by Gasteiger charge is 2.17. The number of nitrogens with zero attached hydrogens (tertiary/aromatic N) is 4. The summed E-state index contributed by atoms with van der Waals surface area (Å²) < 4.78 is 10.8. The molecule has 0 saturated carbocycles. The first-order valence-corrected chi connectivity index (χ1v) is 9.56. The van der Waals surface area contributed by atoms with Gasteiger partial charge in [0.25, 0.3) is 0 Å². The van der Waals surface area contributed by atoms with Crippen molar-refractivity contribution >= 4 is 22.8 Å². The zero-order valence-electron chi connectivity index (χ0n) is 16.4. The lowest BCUT2D eigenvalue weighted by molar-refractivity contribution is 0.174. The molecule has 0 atom stereocenters. The average molecular weight is 390 g/mol. The Morgan fingerprint density at radius 2 is 2.00 bits per heavy atom. The van der Waals surface area contributed by atoms with E-state index in [1.807, 2.05) is 31.2 Å². The molecule has 148 valence electrons. The maximum atomic E-state index is 5.45. The van der Waals surface area contributed by atoms with Gasteiger partial charge < -0.3 is 14.8 Å². The van der Waals surface area contributed by atoms with Crippen LogP contribution in [0.15, 0.2) is 41.4 Å². The van der Waals surface area contributed by atoms with Crippen LogP contribution in [0, 0.1) is 13.8 Å². The van der Waals surface area contributed by atoms with Crippen LogP contribution in [0.1, 0.15) is 16.8 Å². The molecule has 2 aliphatic heterocycles. The van der Waals surface area contributed by atoms with E-state index in [0.29, 0.717) is 32.0 Å². The van der Waals surface area contributed by atoms with Gasteiger partial charge in [0, 0.05) is 11.9 Å². The summed E-state index contributed by atoms with van der Waals surface area (Å²) in [5, 5.41) is 7.59. The first-order valence-electron chi connectivity index (χ1n) is 9.56. The molecule has 0 saturated heterocycles. The van der Waals surface area contributed by atoms with Gasteiger partial charge in [-0.3, -0.25) is 10.2 Å². The Morgan fingerprint density at radius 3 is 2.86 bits per heavy atom. The minimum atomic E-state index is 0.291. The molecule has 8 nitrogen and oxygen atoms in total. The molecule has 29 heavy (non-hydrogen) atoms. The summed E-state index contributed by atoms with van der Waals surface area (Å²) in [4.78, 5) is 16.0. The number of guanidine groups is 1. The summed E-state index contributed by atoms with van der Waals surface area (Å²) in [6, 6.07) is 12.2. The number of aryl methyl sites for hydroxylation is 2. The van der Waals surface area contributed by atoms with Crippen molar-refractivity contribution in [3.05, 3.63) is 53.2 Å². The quantitative estimate of drug-likeness (QED) is 0.711. The lowest BCUT2D eigenvalue weighted by Gasteiger charge is -2.27. The van der Waals surface area contributed by atoms with Gasteiger partial charge in [0.15, 0.2) is 11.5 Å². The molecule has 2 aromatic carbocycles. The van der Waals surface area contributed by atoms with Gasteiger partial charge in [0.1, 0.15) is 0 Å². The maximum absolute atomic E-state index is 5.45. The van der Waals surface area contributed by atoms with E-state index in [0.717, 1.165) is 45.8 Å². The molecule has 5 rings (SSSR count). The van der Waals surface area contributed by atoms with Crippen LogP contribution >= 0.6 is 0 Å². The molecule has 0 aliphatic carbocycles. The van der Waals surface area contributed by atoms with Crippen LogP contribution in [0.2, 0.25) is 0 Å². The molecular formula is C21H22N6O2. The van der Waals surface area contributed by atoms with Crippen LogP contribution in [0.4, 0.5) is 5.95 Å². The monoisotopic (exact) mass is 390 g/mol. The minimum absolute atomic E-state index is 0.291. The number of aromatic nitrogens is 2. The molecule has 8 heteroatoms. The predicted molar refractivity (Wildman–Crippen MR) is 111 cm³/mol. The third-order valence-corrected chi connectivity index (χ3v) is 5.09. The van der Waals surface area contributed by atoms with Crippen LogP contribution in [-0.4, -0.2) is 41.0 Å². The van der Waals surface area contributed by atoms with Gasteiger partial charge in [-0.15, -0.1) is 0 Å². The molecule has 0 spiro atoms. The Morgan fingerprint density at radius 1 is 1.10 bits per heavy atom. The number of ether oxygens (including phenoxy) is 2. The van der Waals surface area contributed by atoms with E-state index in [4.69, 9.17) is 9.47 Å². The summed E-state index contributed by atoms with van der Waals surface area (Å²) >= 11 is 0. The zero-order valence-corrected chi connectivity index (χ0v) is 16.4. The first kappa shape index (κ1) is 17.7. The van der Waals surface area contributed by atoms with E-state index in [1.54, 1.807) is 0 Å². The molecule has 3 heterocycles. The first-order chi connectivity index (χ1) is 14.2. The number of anilines is 1. The zero-order chi connectivity index (χ0) is 19.8. The van der Waals surface area contributed by atoms with Gasteiger partial charge in [0.05, 0.1) is 24.5 Å². The normalized spacial score (nSPS) is 15.9. The molecule has 0 unspecified atom stereocenters. The Balaban J connectivity index is 1.27. The van der Waals surface area contributed by atoms with Gasteiger partial charge in [-0.05, 0) is 37.1 Å².